The first-order valence-electron chi connectivity index (χ1n) is 8.18. The van der Waals surface area contributed by atoms with Gasteiger partial charge in [-0.15, -0.1) is 0 Å². The predicted octanol–water partition coefficient (Wildman–Crippen LogP) is 5.03. The molecular formula is C19H21N3O2S. The van der Waals surface area contributed by atoms with Crippen LogP contribution in [0, 0.1) is 6.92 Å². The lowest BCUT2D eigenvalue weighted by Crippen LogP contribution is -2.11. The molecule has 0 aliphatic carbocycles. The molecule has 0 fully saturated rings. The summed E-state index contributed by atoms with van der Waals surface area (Å²) in [7, 11) is 0. The number of carbonyl (C=O) groups is 1. The largest absolute Gasteiger partial charge is 0.467 e. The second-order valence-electron chi connectivity index (χ2n) is 6.10. The number of carbonyl (C=O) groups excluding carboxylic acids is 1. The summed E-state index contributed by atoms with van der Waals surface area (Å²) in [6.07, 6.45) is 1.63. The predicted molar refractivity (Wildman–Crippen MR) is 101 cm³/mol. The van der Waals surface area contributed by atoms with E-state index in [9.17, 15) is 4.79 Å². The highest BCUT2D eigenvalue weighted by atomic mass is 32.1. The minimum atomic E-state index is -0.137. The van der Waals surface area contributed by atoms with Gasteiger partial charge < -0.3 is 15.1 Å². The summed E-state index contributed by atoms with van der Waals surface area (Å²) < 4.78 is 5.28. The first-order chi connectivity index (χ1) is 12.0. The molecule has 0 aliphatic rings. The standard InChI is InChI=1S/C19H21N3O2S/c1-12(2)14-6-4-7-15(10-14)22-18(23)17-13(3)21-19(25-17)20-11-16-8-5-9-24-16/h4-10,12H,11H2,1-3H3,(H,20,21)(H,22,23). The van der Waals surface area contributed by atoms with Crippen LogP contribution in [0.4, 0.5) is 10.8 Å². The molecule has 2 aromatic heterocycles. The van der Waals surface area contributed by atoms with Gasteiger partial charge in [-0.1, -0.05) is 37.3 Å². The number of amides is 1. The molecule has 5 nitrogen and oxygen atoms in total. The number of anilines is 2. The fourth-order valence-electron chi connectivity index (χ4n) is 2.42. The molecule has 3 aromatic rings. The van der Waals surface area contributed by atoms with E-state index >= 15 is 0 Å². The molecule has 1 aromatic carbocycles. The zero-order valence-corrected chi connectivity index (χ0v) is 15.3. The van der Waals surface area contributed by atoms with Crippen LogP contribution in [-0.4, -0.2) is 10.9 Å². The highest BCUT2D eigenvalue weighted by Gasteiger charge is 2.16. The van der Waals surface area contributed by atoms with Crippen LogP contribution in [-0.2, 0) is 6.54 Å². The molecule has 3 rings (SSSR count). The molecule has 0 saturated carbocycles. The van der Waals surface area contributed by atoms with Crippen LogP contribution in [0.5, 0.6) is 0 Å². The van der Waals surface area contributed by atoms with Gasteiger partial charge in [-0.05, 0) is 42.7 Å². The van der Waals surface area contributed by atoms with Crippen molar-refractivity contribution in [3.8, 4) is 0 Å². The average molecular weight is 355 g/mol. The number of aryl methyl sites for hydroxylation is 1. The number of hydrogen-bond acceptors (Lipinski definition) is 5. The zero-order chi connectivity index (χ0) is 17.8. The molecular weight excluding hydrogens is 334 g/mol. The maximum atomic E-state index is 12.6. The SMILES string of the molecule is Cc1nc(NCc2ccco2)sc1C(=O)Nc1cccc(C(C)C)c1. The van der Waals surface area contributed by atoms with Crippen molar-refractivity contribution in [2.75, 3.05) is 10.6 Å². The molecule has 0 saturated heterocycles. The quantitative estimate of drug-likeness (QED) is 0.650. The molecule has 0 atom stereocenters. The Labute approximate surface area is 151 Å². The minimum Gasteiger partial charge on any atom is -0.467 e. The molecule has 2 heterocycles. The molecule has 2 N–H and O–H groups in total. The summed E-state index contributed by atoms with van der Waals surface area (Å²) >= 11 is 1.34. The lowest BCUT2D eigenvalue weighted by Gasteiger charge is -2.09. The van der Waals surface area contributed by atoms with Crippen molar-refractivity contribution in [1.29, 1.82) is 0 Å². The van der Waals surface area contributed by atoms with Crippen molar-refractivity contribution < 1.29 is 9.21 Å². The molecule has 0 aliphatic heterocycles. The van der Waals surface area contributed by atoms with Crippen LogP contribution in [0.1, 0.15) is 46.5 Å². The summed E-state index contributed by atoms with van der Waals surface area (Å²) in [6, 6.07) is 11.7. The first-order valence-corrected chi connectivity index (χ1v) is 8.99. The molecule has 25 heavy (non-hydrogen) atoms. The third-order valence-corrected chi connectivity index (χ3v) is 4.92. The molecule has 0 bridgehead atoms. The summed E-state index contributed by atoms with van der Waals surface area (Å²) in [5, 5.41) is 6.85. The average Bonchev–Trinajstić information content (AvgIpc) is 3.22. The number of furan rings is 1. The summed E-state index contributed by atoms with van der Waals surface area (Å²) in [6.45, 7) is 6.64. The van der Waals surface area contributed by atoms with Crippen LogP contribution in [0.25, 0.3) is 0 Å². The lowest BCUT2D eigenvalue weighted by atomic mass is 10.0. The second kappa shape index (κ2) is 7.53. The van der Waals surface area contributed by atoms with E-state index in [4.69, 9.17) is 4.42 Å². The summed E-state index contributed by atoms with van der Waals surface area (Å²) in [5.41, 5.74) is 2.71. The number of nitrogens with zero attached hydrogens (tertiary/aromatic N) is 1. The van der Waals surface area contributed by atoms with Crippen molar-refractivity contribution in [2.45, 2.75) is 33.2 Å². The fraction of sp³-hybridized carbons (Fsp3) is 0.263. The number of benzene rings is 1. The number of nitrogens with one attached hydrogen (secondary N) is 2. The van der Waals surface area contributed by atoms with Gasteiger partial charge in [0.2, 0.25) is 0 Å². The highest BCUT2D eigenvalue weighted by molar-refractivity contribution is 7.17. The molecule has 130 valence electrons. The van der Waals surface area contributed by atoms with Gasteiger partial charge >= 0.3 is 0 Å². The summed E-state index contributed by atoms with van der Waals surface area (Å²) in [4.78, 5) is 17.6. The topological polar surface area (TPSA) is 67.2 Å². The summed E-state index contributed by atoms with van der Waals surface area (Å²) in [5.74, 6) is 1.10. The van der Waals surface area contributed by atoms with Gasteiger partial charge in [0.1, 0.15) is 10.6 Å². The van der Waals surface area contributed by atoms with E-state index in [0.717, 1.165) is 11.4 Å². The molecule has 6 heteroatoms. The normalized spacial score (nSPS) is 10.9. The zero-order valence-electron chi connectivity index (χ0n) is 14.5. The molecule has 0 spiro atoms. The Balaban J connectivity index is 1.68. The van der Waals surface area contributed by atoms with E-state index in [1.54, 1.807) is 6.26 Å². The third kappa shape index (κ3) is 4.28. The number of rotatable bonds is 6. The maximum Gasteiger partial charge on any atom is 0.267 e. The second-order valence-corrected chi connectivity index (χ2v) is 7.10. The Kier molecular flexibility index (Phi) is 5.19. The van der Waals surface area contributed by atoms with Gasteiger partial charge in [-0.2, -0.15) is 0 Å². The van der Waals surface area contributed by atoms with E-state index < -0.39 is 0 Å². The van der Waals surface area contributed by atoms with Gasteiger partial charge in [-0.25, -0.2) is 4.98 Å². The minimum absolute atomic E-state index is 0.137. The van der Waals surface area contributed by atoms with Crippen LogP contribution in [0.2, 0.25) is 0 Å². The van der Waals surface area contributed by atoms with Crippen molar-refractivity contribution in [1.82, 2.24) is 4.98 Å². The highest BCUT2D eigenvalue weighted by Crippen LogP contribution is 2.25. The molecule has 0 radical (unpaired) electrons. The fourth-order valence-corrected chi connectivity index (χ4v) is 3.28. The van der Waals surface area contributed by atoms with Crippen LogP contribution in [0.15, 0.2) is 47.1 Å². The first kappa shape index (κ1) is 17.2. The maximum absolute atomic E-state index is 12.6. The lowest BCUT2D eigenvalue weighted by molar-refractivity contribution is 0.103. The van der Waals surface area contributed by atoms with Crippen LogP contribution >= 0.6 is 11.3 Å². The monoisotopic (exact) mass is 355 g/mol. The van der Waals surface area contributed by atoms with Gasteiger partial charge in [0, 0.05) is 5.69 Å². The number of hydrogen-bond donors (Lipinski definition) is 2. The molecule has 0 unspecified atom stereocenters. The van der Waals surface area contributed by atoms with E-state index in [-0.39, 0.29) is 5.91 Å². The van der Waals surface area contributed by atoms with Crippen molar-refractivity contribution in [2.24, 2.45) is 0 Å². The number of aromatic nitrogens is 1. The van der Waals surface area contributed by atoms with Crippen molar-refractivity contribution in [3.63, 3.8) is 0 Å². The van der Waals surface area contributed by atoms with Crippen LogP contribution < -0.4 is 10.6 Å². The third-order valence-electron chi connectivity index (χ3n) is 3.81. The number of thiazole rings is 1. The Morgan fingerprint density at radius 2 is 2.12 bits per heavy atom. The Hall–Kier alpha value is -2.60. The van der Waals surface area contributed by atoms with Crippen molar-refractivity contribution >= 4 is 28.1 Å². The van der Waals surface area contributed by atoms with Gasteiger partial charge in [-0.3, -0.25) is 4.79 Å². The smallest absolute Gasteiger partial charge is 0.267 e. The van der Waals surface area contributed by atoms with Gasteiger partial charge in [0.05, 0.1) is 18.5 Å². The van der Waals surface area contributed by atoms with E-state index in [1.807, 2.05) is 37.3 Å². The molecule has 1 amide bonds. The van der Waals surface area contributed by atoms with Crippen LogP contribution in [0.3, 0.4) is 0 Å². The Morgan fingerprint density at radius 1 is 1.28 bits per heavy atom. The van der Waals surface area contributed by atoms with E-state index in [2.05, 4.69) is 35.5 Å². The van der Waals surface area contributed by atoms with Crippen molar-refractivity contribution in [3.05, 3.63) is 64.6 Å². The van der Waals surface area contributed by atoms with E-state index in [1.165, 1.54) is 16.9 Å². The Bertz CT molecular complexity index is 853. The van der Waals surface area contributed by atoms with E-state index in [0.29, 0.717) is 28.2 Å². The Morgan fingerprint density at radius 3 is 2.84 bits per heavy atom. The van der Waals surface area contributed by atoms with Gasteiger partial charge in [0.25, 0.3) is 5.91 Å². The van der Waals surface area contributed by atoms with Gasteiger partial charge in [0.15, 0.2) is 5.13 Å².